The molecule has 0 saturated carbocycles. The molecule has 1 saturated heterocycles. The van der Waals surface area contributed by atoms with Crippen molar-refractivity contribution < 1.29 is 4.74 Å². The van der Waals surface area contributed by atoms with Crippen LogP contribution in [0.15, 0.2) is 18.2 Å². The zero-order valence-corrected chi connectivity index (χ0v) is 11.8. The highest BCUT2D eigenvalue weighted by Gasteiger charge is 2.19. The molecule has 0 spiro atoms. The van der Waals surface area contributed by atoms with E-state index < -0.39 is 0 Å². The number of anilines is 1. The number of nitrogen functional groups attached to an aromatic ring is 1. The molecule has 2 aromatic rings. The lowest BCUT2D eigenvalue weighted by atomic mass is 10.0. The van der Waals surface area contributed by atoms with Gasteiger partial charge < -0.3 is 10.5 Å². The molecule has 1 fully saturated rings. The Morgan fingerprint density at radius 3 is 3.15 bits per heavy atom. The van der Waals surface area contributed by atoms with Crippen molar-refractivity contribution in [2.45, 2.75) is 19.4 Å². The fourth-order valence-corrected chi connectivity index (χ4v) is 2.62. The minimum absolute atomic E-state index is 0.436. The van der Waals surface area contributed by atoms with Gasteiger partial charge >= 0.3 is 0 Å². The number of ether oxygens (including phenoxy) is 1. The first-order chi connectivity index (χ1) is 9.75. The molecule has 1 aliphatic rings. The topological polar surface area (TPSA) is 78.9 Å². The van der Waals surface area contributed by atoms with Gasteiger partial charge in [0.25, 0.3) is 0 Å². The number of halogens is 1. The minimum atomic E-state index is 0.436. The summed E-state index contributed by atoms with van der Waals surface area (Å²) in [6.07, 6.45) is 2.21. The number of hydrogen-bond acceptors (Lipinski definition) is 5. The number of nitrogens with two attached hydrogens (primary N) is 1. The molecule has 2 heterocycles. The first kappa shape index (κ1) is 13.3. The van der Waals surface area contributed by atoms with E-state index in [4.69, 9.17) is 22.1 Å². The molecule has 1 atom stereocenters. The molecule has 1 unspecified atom stereocenters. The van der Waals surface area contributed by atoms with Gasteiger partial charge in [-0.05, 0) is 35.4 Å². The molecule has 106 valence electrons. The Morgan fingerprint density at radius 1 is 1.45 bits per heavy atom. The van der Waals surface area contributed by atoms with Gasteiger partial charge in [0.1, 0.15) is 0 Å². The van der Waals surface area contributed by atoms with Crippen molar-refractivity contribution >= 4 is 17.3 Å². The number of hydrogen-bond donors (Lipinski definition) is 1. The SMILES string of the molecule is Nc1c(Cl)cccc1-c1nnnn1CC1CCCOC1. The highest BCUT2D eigenvalue weighted by Crippen LogP contribution is 2.30. The lowest BCUT2D eigenvalue weighted by Crippen LogP contribution is -2.23. The monoisotopic (exact) mass is 293 g/mol. The van der Waals surface area contributed by atoms with E-state index in [2.05, 4.69) is 15.5 Å². The van der Waals surface area contributed by atoms with Crippen LogP contribution in [0.2, 0.25) is 5.02 Å². The van der Waals surface area contributed by atoms with Crippen LogP contribution in [0.1, 0.15) is 12.8 Å². The van der Waals surface area contributed by atoms with Crippen LogP contribution in [0.25, 0.3) is 11.4 Å². The maximum absolute atomic E-state index is 6.05. The number of benzene rings is 1. The van der Waals surface area contributed by atoms with Gasteiger partial charge in [0.2, 0.25) is 0 Å². The summed E-state index contributed by atoms with van der Waals surface area (Å²) in [4.78, 5) is 0. The first-order valence-corrected chi connectivity index (χ1v) is 7.02. The van der Waals surface area contributed by atoms with E-state index in [1.54, 1.807) is 10.7 Å². The summed E-state index contributed by atoms with van der Waals surface area (Å²) in [7, 11) is 0. The Morgan fingerprint density at radius 2 is 2.35 bits per heavy atom. The van der Waals surface area contributed by atoms with Gasteiger partial charge in [-0.15, -0.1) is 5.10 Å². The Kier molecular flexibility index (Phi) is 3.84. The van der Waals surface area contributed by atoms with Crippen molar-refractivity contribution in [2.75, 3.05) is 18.9 Å². The second-order valence-electron chi connectivity index (χ2n) is 4.97. The van der Waals surface area contributed by atoms with Crippen molar-refractivity contribution in [1.82, 2.24) is 20.2 Å². The third-order valence-electron chi connectivity index (χ3n) is 3.51. The quantitative estimate of drug-likeness (QED) is 0.876. The number of para-hydroxylation sites is 1. The summed E-state index contributed by atoms with van der Waals surface area (Å²) in [5.74, 6) is 1.09. The average molecular weight is 294 g/mol. The van der Waals surface area contributed by atoms with Gasteiger partial charge in [-0.25, -0.2) is 4.68 Å². The molecule has 0 aliphatic carbocycles. The summed E-state index contributed by atoms with van der Waals surface area (Å²) in [6, 6.07) is 5.47. The first-order valence-electron chi connectivity index (χ1n) is 6.64. The van der Waals surface area contributed by atoms with E-state index >= 15 is 0 Å². The molecule has 1 aromatic carbocycles. The zero-order valence-electron chi connectivity index (χ0n) is 11.0. The second kappa shape index (κ2) is 5.76. The van der Waals surface area contributed by atoms with Crippen LogP contribution in [0.4, 0.5) is 5.69 Å². The second-order valence-corrected chi connectivity index (χ2v) is 5.38. The summed E-state index contributed by atoms with van der Waals surface area (Å²) in [5.41, 5.74) is 7.28. The van der Waals surface area contributed by atoms with Crippen LogP contribution in [0.5, 0.6) is 0 Å². The normalized spacial score (nSPS) is 19.1. The van der Waals surface area contributed by atoms with Crippen molar-refractivity contribution in [1.29, 1.82) is 0 Å². The molecule has 0 radical (unpaired) electrons. The molecule has 0 bridgehead atoms. The Bertz CT molecular complexity index is 594. The fourth-order valence-electron chi connectivity index (χ4n) is 2.45. The maximum Gasteiger partial charge on any atom is 0.184 e. The summed E-state index contributed by atoms with van der Waals surface area (Å²) in [5, 5.41) is 12.4. The fraction of sp³-hybridized carbons (Fsp3) is 0.462. The van der Waals surface area contributed by atoms with E-state index in [0.29, 0.717) is 22.5 Å². The van der Waals surface area contributed by atoms with E-state index in [1.807, 2.05) is 12.1 Å². The predicted molar refractivity (Wildman–Crippen MR) is 76.2 cm³/mol. The predicted octanol–water partition coefficient (Wildman–Crippen LogP) is 2.00. The van der Waals surface area contributed by atoms with Crippen LogP contribution in [-0.4, -0.2) is 33.4 Å². The Labute approximate surface area is 121 Å². The van der Waals surface area contributed by atoms with Crippen molar-refractivity contribution in [3.05, 3.63) is 23.2 Å². The maximum atomic E-state index is 6.05. The van der Waals surface area contributed by atoms with Crippen LogP contribution >= 0.6 is 11.6 Å². The van der Waals surface area contributed by atoms with Crippen molar-refractivity contribution in [3.8, 4) is 11.4 Å². The van der Waals surface area contributed by atoms with Crippen LogP contribution in [0, 0.1) is 5.92 Å². The third-order valence-corrected chi connectivity index (χ3v) is 3.84. The standard InChI is InChI=1S/C13H16ClN5O/c14-11-5-1-4-10(12(11)15)13-16-17-18-19(13)7-9-3-2-6-20-8-9/h1,4-5,9H,2-3,6-8,15H2. The van der Waals surface area contributed by atoms with E-state index in [9.17, 15) is 0 Å². The molecular formula is C13H16ClN5O. The highest BCUT2D eigenvalue weighted by molar-refractivity contribution is 6.33. The lowest BCUT2D eigenvalue weighted by molar-refractivity contribution is 0.0470. The van der Waals surface area contributed by atoms with Crippen LogP contribution in [-0.2, 0) is 11.3 Å². The Hall–Kier alpha value is -1.66. The van der Waals surface area contributed by atoms with Gasteiger partial charge in [-0.2, -0.15) is 0 Å². The van der Waals surface area contributed by atoms with Gasteiger partial charge in [0.05, 0.1) is 23.9 Å². The summed E-state index contributed by atoms with van der Waals surface area (Å²) < 4.78 is 7.27. The Balaban J connectivity index is 1.87. The average Bonchev–Trinajstić information content (AvgIpc) is 2.91. The lowest BCUT2D eigenvalue weighted by Gasteiger charge is -2.22. The van der Waals surface area contributed by atoms with E-state index in [-0.39, 0.29) is 0 Å². The molecule has 1 aromatic heterocycles. The van der Waals surface area contributed by atoms with Gasteiger partial charge in [-0.3, -0.25) is 0 Å². The molecule has 2 N–H and O–H groups in total. The summed E-state index contributed by atoms with van der Waals surface area (Å²) in [6.45, 7) is 2.33. The molecule has 6 nitrogen and oxygen atoms in total. The van der Waals surface area contributed by atoms with Gasteiger partial charge in [-0.1, -0.05) is 17.7 Å². The number of rotatable bonds is 3. The van der Waals surface area contributed by atoms with Gasteiger partial charge in [0, 0.05) is 18.1 Å². The number of nitrogens with zero attached hydrogens (tertiary/aromatic N) is 4. The number of tetrazole rings is 1. The molecular weight excluding hydrogens is 278 g/mol. The molecule has 0 amide bonds. The highest BCUT2D eigenvalue weighted by atomic mass is 35.5. The molecule has 3 rings (SSSR count). The zero-order chi connectivity index (χ0) is 13.9. The molecule has 7 heteroatoms. The molecule has 1 aliphatic heterocycles. The van der Waals surface area contributed by atoms with E-state index in [1.165, 1.54) is 0 Å². The minimum Gasteiger partial charge on any atom is -0.397 e. The largest absolute Gasteiger partial charge is 0.397 e. The van der Waals surface area contributed by atoms with Gasteiger partial charge in [0.15, 0.2) is 5.82 Å². The number of aromatic nitrogens is 4. The van der Waals surface area contributed by atoms with Crippen molar-refractivity contribution in [2.24, 2.45) is 5.92 Å². The smallest absolute Gasteiger partial charge is 0.184 e. The van der Waals surface area contributed by atoms with Crippen LogP contribution in [0.3, 0.4) is 0 Å². The van der Waals surface area contributed by atoms with Crippen LogP contribution < -0.4 is 5.73 Å². The summed E-state index contributed by atoms with van der Waals surface area (Å²) >= 11 is 6.05. The molecule has 20 heavy (non-hydrogen) atoms. The van der Waals surface area contributed by atoms with Crippen molar-refractivity contribution in [3.63, 3.8) is 0 Å². The van der Waals surface area contributed by atoms with E-state index in [0.717, 1.165) is 38.2 Å². The third kappa shape index (κ3) is 2.62.